The zero-order valence-corrected chi connectivity index (χ0v) is 24.0. The van der Waals surface area contributed by atoms with Crippen molar-refractivity contribution in [2.75, 3.05) is 5.32 Å². The minimum absolute atomic E-state index is 0.0547. The molecular weight excluding hydrogens is 480 g/mol. The van der Waals surface area contributed by atoms with Crippen molar-refractivity contribution in [1.82, 2.24) is 0 Å². The van der Waals surface area contributed by atoms with Crippen LogP contribution in [0.2, 0.25) is 27.2 Å². The maximum atomic E-state index is 13.5. The van der Waals surface area contributed by atoms with Crippen molar-refractivity contribution in [1.29, 1.82) is 0 Å². The summed E-state index contributed by atoms with van der Waals surface area (Å²) in [7, 11) is -6.09. The highest BCUT2D eigenvalue weighted by Gasteiger charge is 2.50. The topological polar surface area (TPSA) is 58.5 Å². The fourth-order valence-corrected chi connectivity index (χ4v) is 14.5. The number of hydrogen-bond acceptors (Lipinski definition) is 2. The highest BCUT2D eigenvalue weighted by atomic mass is 35.5. The monoisotopic (exact) mass is 518 g/mol. The molecule has 0 aliphatic rings. The fraction of sp³-hybridized carbons (Fsp3) is 0.444. The van der Waals surface area contributed by atoms with Gasteiger partial charge in [0.1, 0.15) is 5.84 Å². The number of rotatable bonds is 10. The molecule has 0 saturated heterocycles. The Morgan fingerprint density at radius 2 is 1.47 bits per heavy atom. The van der Waals surface area contributed by atoms with Crippen LogP contribution in [-0.2, 0) is 10.0 Å². The molecule has 186 valence electrons. The van der Waals surface area contributed by atoms with E-state index in [0.717, 1.165) is 11.3 Å². The number of sulfonamides is 1. The predicted molar refractivity (Wildman–Crippen MR) is 150 cm³/mol. The zero-order valence-electron chi connectivity index (χ0n) is 21.5. The SMILES string of the molecule is C=CCC(/C(=N/S(=O)(=O)c1ccc(C)cc1)Nc1ccc(Cl)cc1)[Si](C(C)C)(C(C)C)C(C)C. The standard InChI is InChI=1S/C27H39ClN2O2SSi/c1-9-10-26(34(19(2)3,20(4)5)21(6)7)27(29-24-15-13-23(28)14-16-24)30-33(31,32)25-17-11-22(8)12-18-25/h9,11-21,26H,1,10H2,2-8H3,(H,29,30). The third kappa shape index (κ3) is 6.21. The first-order chi connectivity index (χ1) is 15.9. The van der Waals surface area contributed by atoms with E-state index in [-0.39, 0.29) is 10.4 Å². The number of allylic oxidation sites excluding steroid dienone is 1. The summed E-state index contributed by atoms with van der Waals surface area (Å²) in [5.41, 5.74) is 2.94. The Balaban J connectivity index is 2.79. The van der Waals surface area contributed by atoms with Crippen molar-refractivity contribution in [2.24, 2.45) is 4.40 Å². The molecular formula is C27H39ClN2O2SSi. The van der Waals surface area contributed by atoms with Crippen molar-refractivity contribution < 1.29 is 8.42 Å². The number of halogens is 1. The minimum atomic E-state index is -3.92. The van der Waals surface area contributed by atoms with Crippen LogP contribution >= 0.6 is 11.6 Å². The molecule has 0 saturated carbocycles. The Bertz CT molecular complexity index is 1070. The second-order valence-electron chi connectivity index (χ2n) is 9.94. The molecule has 1 N–H and O–H groups in total. The summed E-state index contributed by atoms with van der Waals surface area (Å²) < 4.78 is 31.5. The lowest BCUT2D eigenvalue weighted by Gasteiger charge is -2.49. The van der Waals surface area contributed by atoms with Crippen molar-refractivity contribution in [3.8, 4) is 0 Å². The molecule has 2 aromatic carbocycles. The molecule has 2 rings (SSSR count). The van der Waals surface area contributed by atoms with Gasteiger partial charge in [-0.1, -0.05) is 76.9 Å². The van der Waals surface area contributed by atoms with Crippen molar-refractivity contribution in [2.45, 2.75) is 81.9 Å². The van der Waals surface area contributed by atoms with Crippen LogP contribution in [0.1, 0.15) is 53.5 Å². The summed E-state index contributed by atoms with van der Waals surface area (Å²) >= 11 is 6.10. The molecule has 7 heteroatoms. The number of hydrogen-bond donors (Lipinski definition) is 1. The Hall–Kier alpha value is -1.89. The van der Waals surface area contributed by atoms with E-state index in [2.05, 4.69) is 57.8 Å². The Labute approximate surface area is 212 Å². The maximum absolute atomic E-state index is 13.5. The van der Waals surface area contributed by atoms with Crippen LogP contribution in [0.4, 0.5) is 5.69 Å². The van der Waals surface area contributed by atoms with Crippen LogP contribution in [0.25, 0.3) is 0 Å². The zero-order chi connectivity index (χ0) is 25.7. The molecule has 0 aliphatic carbocycles. The van der Waals surface area contributed by atoms with E-state index in [1.165, 1.54) is 0 Å². The molecule has 4 nitrogen and oxygen atoms in total. The molecule has 0 fully saturated rings. The Morgan fingerprint density at radius 1 is 0.971 bits per heavy atom. The number of amidine groups is 1. The summed E-state index contributed by atoms with van der Waals surface area (Å²) in [5.74, 6) is 0.491. The number of anilines is 1. The van der Waals surface area contributed by atoms with E-state index in [1.54, 1.807) is 36.4 Å². The van der Waals surface area contributed by atoms with Crippen LogP contribution < -0.4 is 5.32 Å². The number of benzene rings is 2. The highest BCUT2D eigenvalue weighted by Crippen LogP contribution is 2.51. The van der Waals surface area contributed by atoms with Gasteiger partial charge in [0.25, 0.3) is 10.0 Å². The largest absolute Gasteiger partial charge is 0.343 e. The summed E-state index contributed by atoms with van der Waals surface area (Å²) in [6.07, 6.45) is 2.56. The summed E-state index contributed by atoms with van der Waals surface area (Å²) in [5, 5.41) is 4.02. The van der Waals surface area contributed by atoms with Gasteiger partial charge < -0.3 is 5.32 Å². The summed E-state index contributed by atoms with van der Waals surface area (Å²) in [6.45, 7) is 19.6. The van der Waals surface area contributed by atoms with Crippen molar-refractivity contribution in [3.63, 3.8) is 0 Å². The molecule has 0 aromatic heterocycles. The first-order valence-corrected chi connectivity index (χ1v) is 16.0. The third-order valence-electron chi connectivity index (χ3n) is 6.99. The number of nitrogens with one attached hydrogen (secondary N) is 1. The molecule has 1 atom stereocenters. The molecule has 2 aromatic rings. The van der Waals surface area contributed by atoms with E-state index in [4.69, 9.17) is 11.6 Å². The van der Waals surface area contributed by atoms with E-state index in [1.807, 2.05) is 25.1 Å². The fourth-order valence-electron chi connectivity index (χ4n) is 5.67. The van der Waals surface area contributed by atoms with Crippen LogP contribution in [0, 0.1) is 6.92 Å². The van der Waals surface area contributed by atoms with E-state index in [0.29, 0.717) is 33.9 Å². The quantitative estimate of drug-likeness (QED) is 0.148. The summed E-state index contributed by atoms with van der Waals surface area (Å²) in [4.78, 5) is 0.191. The molecule has 0 amide bonds. The van der Waals surface area contributed by atoms with Gasteiger partial charge in [0.2, 0.25) is 0 Å². The molecule has 0 bridgehead atoms. The van der Waals surface area contributed by atoms with Gasteiger partial charge in [-0.2, -0.15) is 8.42 Å². The van der Waals surface area contributed by atoms with Crippen LogP contribution in [0.5, 0.6) is 0 Å². The lowest BCUT2D eigenvalue weighted by molar-refractivity contribution is 0.597. The van der Waals surface area contributed by atoms with Gasteiger partial charge in [-0.05, 0) is 66.4 Å². The smallest absolute Gasteiger partial charge is 0.283 e. The second kappa shape index (κ2) is 11.7. The molecule has 1 unspecified atom stereocenters. The predicted octanol–water partition coefficient (Wildman–Crippen LogP) is 8.47. The van der Waals surface area contributed by atoms with Crippen molar-refractivity contribution in [3.05, 3.63) is 71.8 Å². The van der Waals surface area contributed by atoms with Crippen molar-refractivity contribution >= 4 is 41.2 Å². The van der Waals surface area contributed by atoms with E-state index in [9.17, 15) is 8.42 Å². The molecule has 0 heterocycles. The lowest BCUT2D eigenvalue weighted by atomic mass is 10.2. The average Bonchev–Trinajstić information content (AvgIpc) is 2.74. The van der Waals surface area contributed by atoms with Crippen LogP contribution in [-0.4, -0.2) is 22.3 Å². The van der Waals surface area contributed by atoms with Gasteiger partial charge in [-0.15, -0.1) is 11.0 Å². The minimum Gasteiger partial charge on any atom is -0.343 e. The molecule has 34 heavy (non-hydrogen) atoms. The van der Waals surface area contributed by atoms with Gasteiger partial charge >= 0.3 is 0 Å². The normalized spacial score (nSPS) is 14.0. The van der Waals surface area contributed by atoms with Gasteiger partial charge in [-0.3, -0.25) is 0 Å². The van der Waals surface area contributed by atoms with E-state index < -0.39 is 18.1 Å². The van der Waals surface area contributed by atoms with E-state index >= 15 is 0 Å². The summed E-state index contributed by atoms with van der Waals surface area (Å²) in [6, 6.07) is 14.1. The highest BCUT2D eigenvalue weighted by molar-refractivity contribution is 7.90. The van der Waals surface area contributed by atoms with Gasteiger partial charge in [0, 0.05) is 16.3 Å². The van der Waals surface area contributed by atoms with Crippen LogP contribution in [0.15, 0.2) is 70.5 Å². The lowest BCUT2D eigenvalue weighted by Crippen LogP contribution is -2.52. The third-order valence-corrected chi connectivity index (χ3v) is 16.3. The first kappa shape index (κ1) is 28.3. The average molecular weight is 519 g/mol. The van der Waals surface area contributed by atoms with Gasteiger partial charge in [-0.25, -0.2) is 0 Å². The molecule has 0 aliphatic heterocycles. The molecule has 0 spiro atoms. The number of nitrogens with zero attached hydrogens (tertiary/aromatic N) is 1. The first-order valence-electron chi connectivity index (χ1n) is 11.9. The van der Waals surface area contributed by atoms with Crippen LogP contribution in [0.3, 0.4) is 0 Å². The molecule has 0 radical (unpaired) electrons. The Morgan fingerprint density at radius 3 is 1.91 bits per heavy atom. The second-order valence-corrected chi connectivity index (χ2v) is 18.1. The van der Waals surface area contributed by atoms with Gasteiger partial charge in [0.15, 0.2) is 0 Å². The maximum Gasteiger partial charge on any atom is 0.283 e. The number of aryl methyl sites for hydroxylation is 1. The Kier molecular flexibility index (Phi) is 9.75. The van der Waals surface area contributed by atoms with Gasteiger partial charge in [0.05, 0.1) is 13.0 Å².